The number of hydrogen-bond acceptors (Lipinski definition) is 4. The van der Waals surface area contributed by atoms with Crippen molar-refractivity contribution in [2.75, 3.05) is 0 Å². The first-order valence-corrected chi connectivity index (χ1v) is 11.5. The first-order chi connectivity index (χ1) is 16.3. The average molecular weight is 465 g/mol. The standard InChI is InChI=1S/C26H32N4O4/c1-3-16(2)23(27)25(32)29-21(13-17-9-5-4-6-10-17)24(31)30-22(26(33)34)14-18-15-28-20-12-8-7-11-19(18)20/h4-12,15-16,21-23,28H,3,13-14,27H2,1-2H3,(H,29,32)(H,30,31)(H,33,34). The van der Waals surface area contributed by atoms with Gasteiger partial charge in [0.15, 0.2) is 0 Å². The maximum absolute atomic E-state index is 13.2. The van der Waals surface area contributed by atoms with E-state index in [1.165, 1.54) is 0 Å². The molecule has 3 rings (SSSR count). The summed E-state index contributed by atoms with van der Waals surface area (Å²) in [6.07, 6.45) is 2.78. The molecule has 2 aromatic carbocycles. The van der Waals surface area contributed by atoms with Crippen molar-refractivity contribution in [3.05, 3.63) is 71.9 Å². The molecule has 0 spiro atoms. The normalized spacial score (nSPS) is 14.7. The number of carboxylic acid groups (broad SMARTS) is 1. The highest BCUT2D eigenvalue weighted by molar-refractivity contribution is 5.92. The number of carboxylic acids is 1. The van der Waals surface area contributed by atoms with Crippen LogP contribution >= 0.6 is 0 Å². The van der Waals surface area contributed by atoms with Gasteiger partial charge in [-0.25, -0.2) is 4.79 Å². The molecule has 0 aliphatic rings. The smallest absolute Gasteiger partial charge is 0.326 e. The molecular formula is C26H32N4O4. The molecule has 8 heteroatoms. The summed E-state index contributed by atoms with van der Waals surface area (Å²) >= 11 is 0. The second-order valence-corrected chi connectivity index (χ2v) is 8.63. The number of aliphatic carboxylic acids is 1. The van der Waals surface area contributed by atoms with E-state index in [4.69, 9.17) is 5.73 Å². The van der Waals surface area contributed by atoms with Gasteiger partial charge in [0.25, 0.3) is 0 Å². The number of amides is 2. The third-order valence-corrected chi connectivity index (χ3v) is 6.19. The molecule has 4 unspecified atom stereocenters. The molecule has 0 fully saturated rings. The summed E-state index contributed by atoms with van der Waals surface area (Å²) in [6, 6.07) is 13.9. The zero-order chi connectivity index (χ0) is 24.7. The first kappa shape index (κ1) is 25.0. The number of carbonyl (C=O) groups excluding carboxylic acids is 2. The van der Waals surface area contributed by atoms with Crippen molar-refractivity contribution in [2.24, 2.45) is 11.7 Å². The Morgan fingerprint density at radius 3 is 2.26 bits per heavy atom. The van der Waals surface area contributed by atoms with Crippen LogP contribution in [0.1, 0.15) is 31.4 Å². The molecule has 34 heavy (non-hydrogen) atoms. The lowest BCUT2D eigenvalue weighted by atomic mass is 9.98. The Hall–Kier alpha value is -3.65. The molecule has 0 aliphatic carbocycles. The van der Waals surface area contributed by atoms with Crippen LogP contribution < -0.4 is 16.4 Å². The van der Waals surface area contributed by atoms with Gasteiger partial charge >= 0.3 is 5.97 Å². The minimum atomic E-state index is -1.16. The van der Waals surface area contributed by atoms with Gasteiger partial charge in [-0.1, -0.05) is 68.8 Å². The number of carbonyl (C=O) groups is 3. The average Bonchev–Trinajstić information content (AvgIpc) is 3.25. The molecule has 0 aliphatic heterocycles. The number of nitrogens with one attached hydrogen (secondary N) is 3. The van der Waals surface area contributed by atoms with E-state index in [2.05, 4.69) is 15.6 Å². The Bertz CT molecular complexity index is 1130. The van der Waals surface area contributed by atoms with Crippen molar-refractivity contribution in [1.82, 2.24) is 15.6 Å². The van der Waals surface area contributed by atoms with Gasteiger partial charge in [0, 0.05) is 29.9 Å². The zero-order valence-electron chi connectivity index (χ0n) is 19.5. The Balaban J connectivity index is 1.78. The maximum atomic E-state index is 13.2. The number of aromatic nitrogens is 1. The number of H-pyrrole nitrogens is 1. The van der Waals surface area contributed by atoms with Crippen molar-refractivity contribution in [2.45, 2.75) is 51.2 Å². The second-order valence-electron chi connectivity index (χ2n) is 8.63. The van der Waals surface area contributed by atoms with E-state index in [1.54, 1.807) is 6.20 Å². The Labute approximate surface area is 198 Å². The molecule has 3 aromatic rings. The minimum Gasteiger partial charge on any atom is -0.480 e. The van der Waals surface area contributed by atoms with Crippen LogP contribution in [0.3, 0.4) is 0 Å². The van der Waals surface area contributed by atoms with Crippen molar-refractivity contribution in [3.8, 4) is 0 Å². The number of hydrogen-bond donors (Lipinski definition) is 5. The molecule has 0 bridgehead atoms. The molecule has 0 saturated heterocycles. The van der Waals surface area contributed by atoms with Gasteiger partial charge in [-0.3, -0.25) is 9.59 Å². The number of rotatable bonds is 11. The maximum Gasteiger partial charge on any atom is 0.326 e. The van der Waals surface area contributed by atoms with Crippen LogP contribution in [0.2, 0.25) is 0 Å². The highest BCUT2D eigenvalue weighted by atomic mass is 16.4. The Kier molecular flexibility index (Phi) is 8.43. The second kappa shape index (κ2) is 11.5. The fourth-order valence-corrected chi connectivity index (χ4v) is 3.83. The zero-order valence-corrected chi connectivity index (χ0v) is 19.5. The summed E-state index contributed by atoms with van der Waals surface area (Å²) in [7, 11) is 0. The minimum absolute atomic E-state index is 0.0610. The highest BCUT2D eigenvalue weighted by Crippen LogP contribution is 2.19. The summed E-state index contributed by atoms with van der Waals surface area (Å²) in [4.78, 5) is 41.1. The Morgan fingerprint density at radius 2 is 1.59 bits per heavy atom. The summed E-state index contributed by atoms with van der Waals surface area (Å²) in [6.45, 7) is 3.81. The van der Waals surface area contributed by atoms with Crippen LogP contribution in [0.5, 0.6) is 0 Å². The summed E-state index contributed by atoms with van der Waals surface area (Å²) in [5.41, 5.74) is 8.57. The summed E-state index contributed by atoms with van der Waals surface area (Å²) < 4.78 is 0. The van der Waals surface area contributed by atoms with E-state index in [0.717, 1.165) is 28.5 Å². The van der Waals surface area contributed by atoms with Gasteiger partial charge in [-0.15, -0.1) is 0 Å². The topological polar surface area (TPSA) is 137 Å². The number of para-hydroxylation sites is 1. The highest BCUT2D eigenvalue weighted by Gasteiger charge is 2.29. The van der Waals surface area contributed by atoms with Crippen LogP contribution in [0.4, 0.5) is 0 Å². The summed E-state index contributed by atoms with van der Waals surface area (Å²) in [5.74, 6) is -2.22. The third-order valence-electron chi connectivity index (χ3n) is 6.19. The van der Waals surface area contributed by atoms with Crippen molar-refractivity contribution >= 4 is 28.7 Å². The molecule has 180 valence electrons. The van der Waals surface area contributed by atoms with Crippen LogP contribution in [0.15, 0.2) is 60.8 Å². The number of aromatic amines is 1. The van der Waals surface area contributed by atoms with E-state index >= 15 is 0 Å². The number of benzene rings is 2. The van der Waals surface area contributed by atoms with Crippen LogP contribution in [0, 0.1) is 5.92 Å². The van der Waals surface area contributed by atoms with Gasteiger partial charge in [0.1, 0.15) is 12.1 Å². The molecular weight excluding hydrogens is 432 g/mol. The van der Waals surface area contributed by atoms with E-state index < -0.39 is 35.9 Å². The van der Waals surface area contributed by atoms with Gasteiger partial charge in [0.2, 0.25) is 11.8 Å². The van der Waals surface area contributed by atoms with E-state index in [-0.39, 0.29) is 18.8 Å². The van der Waals surface area contributed by atoms with Crippen molar-refractivity contribution in [1.29, 1.82) is 0 Å². The van der Waals surface area contributed by atoms with Crippen LogP contribution in [-0.4, -0.2) is 46.0 Å². The predicted octanol–water partition coefficient (Wildman–Crippen LogP) is 2.38. The van der Waals surface area contributed by atoms with Crippen LogP contribution in [0.25, 0.3) is 10.9 Å². The lowest BCUT2D eigenvalue weighted by Crippen LogP contribution is -2.56. The number of fused-ring (bicyclic) bond motifs is 1. The van der Waals surface area contributed by atoms with E-state index in [1.807, 2.05) is 68.4 Å². The molecule has 6 N–H and O–H groups in total. The SMILES string of the molecule is CCC(C)C(N)C(=O)NC(Cc1ccccc1)C(=O)NC(Cc1c[nH]c2ccccc12)C(=O)O. The first-order valence-electron chi connectivity index (χ1n) is 11.5. The fourth-order valence-electron chi connectivity index (χ4n) is 3.83. The molecule has 0 saturated carbocycles. The molecule has 0 radical (unpaired) electrons. The monoisotopic (exact) mass is 464 g/mol. The predicted molar refractivity (Wildman–Crippen MR) is 131 cm³/mol. The number of nitrogens with two attached hydrogens (primary N) is 1. The van der Waals surface area contributed by atoms with Gasteiger partial charge < -0.3 is 26.5 Å². The third kappa shape index (κ3) is 6.23. The van der Waals surface area contributed by atoms with Crippen molar-refractivity contribution < 1.29 is 19.5 Å². The summed E-state index contributed by atoms with van der Waals surface area (Å²) in [5, 5.41) is 16.1. The van der Waals surface area contributed by atoms with E-state index in [0.29, 0.717) is 0 Å². The van der Waals surface area contributed by atoms with Crippen LogP contribution in [-0.2, 0) is 27.2 Å². The Morgan fingerprint density at radius 1 is 0.941 bits per heavy atom. The van der Waals surface area contributed by atoms with Gasteiger partial charge in [0.05, 0.1) is 6.04 Å². The lowest BCUT2D eigenvalue weighted by molar-refractivity contribution is -0.142. The van der Waals surface area contributed by atoms with Crippen molar-refractivity contribution in [3.63, 3.8) is 0 Å². The molecule has 4 atom stereocenters. The molecule has 1 aromatic heterocycles. The quantitative estimate of drug-likeness (QED) is 0.297. The molecule has 8 nitrogen and oxygen atoms in total. The molecule has 2 amide bonds. The molecule has 1 heterocycles. The van der Waals surface area contributed by atoms with Gasteiger partial charge in [-0.2, -0.15) is 0 Å². The lowest BCUT2D eigenvalue weighted by Gasteiger charge is -2.24. The van der Waals surface area contributed by atoms with Gasteiger partial charge in [-0.05, 0) is 23.1 Å². The largest absolute Gasteiger partial charge is 0.480 e. The fraction of sp³-hybridized carbons (Fsp3) is 0.346. The van der Waals surface area contributed by atoms with E-state index in [9.17, 15) is 19.5 Å².